The first-order valence-corrected chi connectivity index (χ1v) is 9.99. The zero-order valence-corrected chi connectivity index (χ0v) is 18.3. The highest BCUT2D eigenvalue weighted by Crippen LogP contribution is 2.16. The van der Waals surface area contributed by atoms with Crippen molar-refractivity contribution in [1.82, 2.24) is 5.32 Å². The van der Waals surface area contributed by atoms with Crippen molar-refractivity contribution in [2.75, 3.05) is 19.8 Å². The zero-order valence-electron chi connectivity index (χ0n) is 18.3. The van der Waals surface area contributed by atoms with E-state index in [4.69, 9.17) is 19.3 Å². The van der Waals surface area contributed by atoms with Crippen molar-refractivity contribution in [3.05, 3.63) is 65.7 Å². The highest BCUT2D eigenvalue weighted by Gasteiger charge is 2.15. The fraction of sp³-hybridized carbons (Fsp3) is 0.292. The van der Waals surface area contributed by atoms with Crippen LogP contribution < -0.4 is 14.8 Å². The molecule has 2 aromatic rings. The second kappa shape index (κ2) is 11.5. The van der Waals surface area contributed by atoms with Crippen LogP contribution in [0.25, 0.3) is 6.08 Å². The van der Waals surface area contributed by atoms with Gasteiger partial charge >= 0.3 is 12.1 Å². The number of nitrogens with one attached hydrogen (secondary N) is 1. The van der Waals surface area contributed by atoms with Crippen LogP contribution in [0, 0.1) is 0 Å². The SMILES string of the molecule is CC(C)(C)OC(=O)NCCOc1cccc(C(=O)C=Cc2ccc(OCC(=O)O)cc2)c1. The number of carbonyl (C=O) groups is 3. The Hall–Kier alpha value is -3.81. The lowest BCUT2D eigenvalue weighted by atomic mass is 10.1. The van der Waals surface area contributed by atoms with Gasteiger partial charge in [-0.3, -0.25) is 4.79 Å². The number of hydrogen-bond acceptors (Lipinski definition) is 6. The van der Waals surface area contributed by atoms with E-state index in [0.717, 1.165) is 5.56 Å². The van der Waals surface area contributed by atoms with Crippen molar-refractivity contribution in [2.24, 2.45) is 0 Å². The number of ketones is 1. The van der Waals surface area contributed by atoms with E-state index in [2.05, 4.69) is 5.32 Å². The van der Waals surface area contributed by atoms with Gasteiger partial charge in [-0.2, -0.15) is 0 Å². The van der Waals surface area contributed by atoms with Crippen molar-refractivity contribution in [1.29, 1.82) is 0 Å². The molecule has 0 bridgehead atoms. The maximum Gasteiger partial charge on any atom is 0.407 e. The molecular formula is C24H27NO7. The molecule has 0 unspecified atom stereocenters. The fourth-order valence-corrected chi connectivity index (χ4v) is 2.46. The van der Waals surface area contributed by atoms with Crippen LogP contribution in [-0.2, 0) is 9.53 Å². The molecule has 0 radical (unpaired) electrons. The Balaban J connectivity index is 1.84. The minimum atomic E-state index is -1.05. The standard InChI is InChI=1S/C24H27NO7/c1-24(2,3)32-23(29)25-13-14-30-20-6-4-5-18(15-20)21(26)12-9-17-7-10-19(11-8-17)31-16-22(27)28/h4-12,15H,13-14,16H2,1-3H3,(H,25,29)(H,27,28). The van der Waals surface area contributed by atoms with Crippen LogP contribution in [-0.4, -0.2) is 48.3 Å². The number of amides is 1. The summed E-state index contributed by atoms with van der Waals surface area (Å²) in [6.45, 7) is 5.43. The molecule has 32 heavy (non-hydrogen) atoms. The Morgan fingerprint density at radius 2 is 1.72 bits per heavy atom. The van der Waals surface area contributed by atoms with Crippen LogP contribution in [0.1, 0.15) is 36.7 Å². The molecule has 0 aromatic heterocycles. The largest absolute Gasteiger partial charge is 0.492 e. The first kappa shape index (κ1) is 24.5. The second-order valence-electron chi connectivity index (χ2n) is 7.75. The summed E-state index contributed by atoms with van der Waals surface area (Å²) in [6, 6.07) is 13.5. The Morgan fingerprint density at radius 1 is 1.00 bits per heavy atom. The predicted octanol–water partition coefficient (Wildman–Crippen LogP) is 3.95. The zero-order chi connectivity index (χ0) is 23.6. The van der Waals surface area contributed by atoms with E-state index in [1.165, 1.54) is 6.08 Å². The molecule has 0 heterocycles. The molecule has 2 rings (SSSR count). The quantitative estimate of drug-likeness (QED) is 0.326. The van der Waals surface area contributed by atoms with Crippen molar-refractivity contribution in [2.45, 2.75) is 26.4 Å². The number of carboxylic acids is 1. The van der Waals surface area contributed by atoms with Gasteiger partial charge in [0.25, 0.3) is 0 Å². The minimum Gasteiger partial charge on any atom is -0.492 e. The summed E-state index contributed by atoms with van der Waals surface area (Å²) in [5, 5.41) is 11.2. The molecule has 0 spiro atoms. The maximum absolute atomic E-state index is 12.5. The maximum atomic E-state index is 12.5. The summed E-state index contributed by atoms with van der Waals surface area (Å²) in [6.07, 6.45) is 2.58. The number of carbonyl (C=O) groups excluding carboxylic acids is 2. The third-order valence-corrected chi connectivity index (χ3v) is 3.83. The van der Waals surface area contributed by atoms with Crippen molar-refractivity contribution < 1.29 is 33.7 Å². The van der Waals surface area contributed by atoms with Crippen LogP contribution in [0.15, 0.2) is 54.6 Å². The molecule has 0 fully saturated rings. The monoisotopic (exact) mass is 441 g/mol. The lowest BCUT2D eigenvalue weighted by Crippen LogP contribution is -2.34. The third-order valence-electron chi connectivity index (χ3n) is 3.83. The normalized spacial score (nSPS) is 11.1. The van der Waals surface area contributed by atoms with Crippen molar-refractivity contribution in [3.8, 4) is 11.5 Å². The second-order valence-corrected chi connectivity index (χ2v) is 7.75. The topological polar surface area (TPSA) is 111 Å². The highest BCUT2D eigenvalue weighted by molar-refractivity contribution is 6.07. The van der Waals surface area contributed by atoms with E-state index in [1.54, 1.807) is 75.4 Å². The summed E-state index contributed by atoms with van der Waals surface area (Å²) >= 11 is 0. The summed E-state index contributed by atoms with van der Waals surface area (Å²) in [5.74, 6) is -0.310. The molecule has 0 aliphatic heterocycles. The van der Waals surface area contributed by atoms with Crippen LogP contribution >= 0.6 is 0 Å². The number of carboxylic acid groups (broad SMARTS) is 1. The lowest BCUT2D eigenvalue weighted by Gasteiger charge is -2.19. The van der Waals surface area contributed by atoms with Crippen LogP contribution in [0.3, 0.4) is 0 Å². The van der Waals surface area contributed by atoms with Gasteiger partial charge in [0, 0.05) is 5.56 Å². The van der Waals surface area contributed by atoms with Crippen molar-refractivity contribution in [3.63, 3.8) is 0 Å². The average Bonchev–Trinajstić information content (AvgIpc) is 2.73. The Kier molecular flexibility index (Phi) is 8.83. The van der Waals surface area contributed by atoms with Crippen LogP contribution in [0.5, 0.6) is 11.5 Å². The molecule has 0 saturated carbocycles. The van der Waals surface area contributed by atoms with Gasteiger partial charge in [-0.05, 0) is 56.7 Å². The molecule has 8 nitrogen and oxygen atoms in total. The number of ether oxygens (including phenoxy) is 3. The Bertz CT molecular complexity index is 959. The van der Waals surface area contributed by atoms with Crippen LogP contribution in [0.4, 0.5) is 4.79 Å². The van der Waals surface area contributed by atoms with Crippen molar-refractivity contribution >= 4 is 23.9 Å². The molecule has 1 amide bonds. The summed E-state index contributed by atoms with van der Waals surface area (Å²) in [7, 11) is 0. The van der Waals surface area contributed by atoms with E-state index < -0.39 is 24.3 Å². The third kappa shape index (κ3) is 9.34. The van der Waals surface area contributed by atoms with Gasteiger partial charge in [0.2, 0.25) is 0 Å². The first-order chi connectivity index (χ1) is 15.1. The molecule has 0 atom stereocenters. The number of alkyl carbamates (subject to hydrolysis) is 1. The molecule has 0 aliphatic carbocycles. The number of benzene rings is 2. The average molecular weight is 441 g/mol. The smallest absolute Gasteiger partial charge is 0.407 e. The molecule has 2 N–H and O–H groups in total. The Labute approximate surface area is 186 Å². The molecule has 0 saturated heterocycles. The number of rotatable bonds is 10. The summed E-state index contributed by atoms with van der Waals surface area (Å²) in [5.41, 5.74) is 0.658. The van der Waals surface area contributed by atoms with Gasteiger partial charge in [-0.25, -0.2) is 9.59 Å². The fourth-order valence-electron chi connectivity index (χ4n) is 2.46. The summed E-state index contributed by atoms with van der Waals surface area (Å²) in [4.78, 5) is 34.6. The molecular weight excluding hydrogens is 414 g/mol. The molecule has 170 valence electrons. The van der Waals surface area contributed by atoms with Gasteiger partial charge in [0.15, 0.2) is 12.4 Å². The summed E-state index contributed by atoms with van der Waals surface area (Å²) < 4.78 is 15.8. The number of aliphatic carboxylic acids is 1. The van der Waals surface area contributed by atoms with Gasteiger partial charge in [0.05, 0.1) is 6.54 Å². The number of hydrogen-bond donors (Lipinski definition) is 2. The lowest BCUT2D eigenvalue weighted by molar-refractivity contribution is -0.139. The van der Waals surface area contributed by atoms with Crippen LogP contribution in [0.2, 0.25) is 0 Å². The van der Waals surface area contributed by atoms with Gasteiger partial charge in [-0.15, -0.1) is 0 Å². The molecule has 8 heteroatoms. The van der Waals surface area contributed by atoms with E-state index >= 15 is 0 Å². The number of allylic oxidation sites excluding steroid dienone is 1. The van der Waals surface area contributed by atoms with E-state index in [0.29, 0.717) is 17.1 Å². The predicted molar refractivity (Wildman–Crippen MR) is 119 cm³/mol. The first-order valence-electron chi connectivity index (χ1n) is 9.99. The highest BCUT2D eigenvalue weighted by atomic mass is 16.6. The Morgan fingerprint density at radius 3 is 2.38 bits per heavy atom. The van der Waals surface area contributed by atoms with E-state index in [9.17, 15) is 14.4 Å². The van der Waals surface area contributed by atoms with Gasteiger partial charge in [-0.1, -0.05) is 30.3 Å². The molecule has 0 aliphatic rings. The van der Waals surface area contributed by atoms with Gasteiger partial charge < -0.3 is 24.6 Å². The van der Waals surface area contributed by atoms with Gasteiger partial charge in [0.1, 0.15) is 23.7 Å². The molecule has 2 aromatic carbocycles. The van der Waals surface area contributed by atoms with E-state index in [1.807, 2.05) is 0 Å². The minimum absolute atomic E-state index is 0.200. The van der Waals surface area contributed by atoms with E-state index in [-0.39, 0.29) is 18.9 Å².